The fraction of sp³-hybridized carbons (Fsp3) is 0.357. The summed E-state index contributed by atoms with van der Waals surface area (Å²) in [5.74, 6) is 0. The summed E-state index contributed by atoms with van der Waals surface area (Å²) in [4.78, 5) is 6.78. The third-order valence-corrected chi connectivity index (χ3v) is 4.38. The smallest absolute Gasteiger partial charge is 0.0253 e. The first-order valence-electron chi connectivity index (χ1n) is 6.07. The van der Waals surface area contributed by atoms with Gasteiger partial charge in [0, 0.05) is 11.7 Å². The predicted molar refractivity (Wildman–Crippen MR) is 67.1 cm³/mol. The van der Waals surface area contributed by atoms with Crippen molar-refractivity contribution in [2.45, 2.75) is 31.3 Å². The van der Waals surface area contributed by atoms with Gasteiger partial charge in [-0.2, -0.15) is 0 Å². The maximum absolute atomic E-state index is 4.53. The molecule has 1 spiro atoms. The van der Waals surface area contributed by atoms with Gasteiger partial charge in [0.2, 0.25) is 0 Å². The molecule has 0 amide bonds. The summed E-state index contributed by atoms with van der Waals surface area (Å²) >= 11 is 0. The Morgan fingerprint density at radius 3 is 2.88 bits per heavy atom. The highest BCUT2D eigenvalue weighted by Gasteiger charge is 2.45. The lowest BCUT2D eigenvalue weighted by Crippen LogP contribution is -2.38. The zero-order chi connectivity index (χ0) is 11.6. The summed E-state index contributed by atoms with van der Waals surface area (Å²) in [5, 5.41) is 0. The summed E-state index contributed by atoms with van der Waals surface area (Å²) in [7, 11) is 8.34. The minimum atomic E-state index is 0.332. The van der Waals surface area contributed by atoms with E-state index in [0.29, 0.717) is 5.54 Å². The number of hydrogen-bond acceptors (Lipinski definition) is 2. The Morgan fingerprint density at radius 2 is 2.12 bits per heavy atom. The molecule has 1 saturated carbocycles. The van der Waals surface area contributed by atoms with Gasteiger partial charge in [0.05, 0.1) is 0 Å². The largest absolute Gasteiger partial charge is 0.482 e. The molecule has 1 fully saturated rings. The maximum Gasteiger partial charge on any atom is 0.0253 e. The van der Waals surface area contributed by atoms with Crippen LogP contribution in [0.25, 0.3) is 11.0 Å². The molecule has 0 aromatic carbocycles. The number of hydrogen-bond donors (Lipinski definition) is 0. The van der Waals surface area contributed by atoms with Crippen molar-refractivity contribution in [2.75, 3.05) is 0 Å². The van der Waals surface area contributed by atoms with Crippen LogP contribution in [0.15, 0.2) is 18.3 Å². The van der Waals surface area contributed by atoms with E-state index in [2.05, 4.69) is 30.0 Å². The van der Waals surface area contributed by atoms with E-state index < -0.39 is 0 Å². The van der Waals surface area contributed by atoms with Gasteiger partial charge in [-0.05, 0) is 36.9 Å². The maximum atomic E-state index is 4.53. The van der Waals surface area contributed by atoms with Crippen LogP contribution in [-0.2, 0) is 13.0 Å². The van der Waals surface area contributed by atoms with Crippen LogP contribution in [0.1, 0.15) is 24.1 Å². The van der Waals surface area contributed by atoms with E-state index in [0.717, 1.165) is 24.0 Å². The molecule has 3 heterocycles. The van der Waals surface area contributed by atoms with Gasteiger partial charge >= 0.3 is 0 Å². The van der Waals surface area contributed by atoms with E-state index >= 15 is 0 Å². The lowest BCUT2D eigenvalue weighted by Gasteiger charge is -2.43. The van der Waals surface area contributed by atoms with Crippen LogP contribution in [0.4, 0.5) is 0 Å². The van der Waals surface area contributed by atoms with Crippen molar-refractivity contribution in [3.63, 3.8) is 0 Å². The second kappa shape index (κ2) is 2.85. The Kier molecular flexibility index (Phi) is 1.60. The van der Waals surface area contributed by atoms with Gasteiger partial charge in [-0.3, -0.25) is 12.0 Å². The number of pyridine rings is 1. The van der Waals surface area contributed by atoms with Crippen LogP contribution < -0.4 is 0 Å². The van der Waals surface area contributed by atoms with Gasteiger partial charge in [0.15, 0.2) is 0 Å². The van der Waals surface area contributed by atoms with E-state index in [4.69, 9.17) is 0 Å². The molecule has 0 unspecified atom stereocenters. The monoisotopic (exact) mass is 225 g/mol. The van der Waals surface area contributed by atoms with E-state index in [1.54, 1.807) is 0 Å². The SMILES string of the molecule is [CH2-]N1Cc2c(c3ncccc3n2[CH2-])CC12CC2. The molecule has 0 atom stereocenters. The summed E-state index contributed by atoms with van der Waals surface area (Å²) in [6.07, 6.45) is 5.50. The van der Waals surface area contributed by atoms with Gasteiger partial charge in [-0.25, -0.2) is 0 Å². The van der Waals surface area contributed by atoms with Crippen molar-refractivity contribution >= 4 is 11.0 Å². The van der Waals surface area contributed by atoms with Crippen molar-refractivity contribution in [2.24, 2.45) is 0 Å². The average Bonchev–Trinajstić information content (AvgIpc) is 3.07. The second-order valence-electron chi connectivity index (χ2n) is 5.32. The van der Waals surface area contributed by atoms with Crippen molar-refractivity contribution in [3.8, 4) is 0 Å². The van der Waals surface area contributed by atoms with Crippen LogP contribution in [-0.4, -0.2) is 20.0 Å². The first-order valence-corrected chi connectivity index (χ1v) is 6.07. The predicted octanol–water partition coefficient (Wildman–Crippen LogP) is 2.36. The molecule has 2 aromatic heterocycles. The van der Waals surface area contributed by atoms with E-state index in [1.807, 2.05) is 16.8 Å². The number of rotatable bonds is 0. The Balaban J connectivity index is 2.00. The standard InChI is InChI=1S/C14H15N3/c1-16-9-12-10(8-14(16)5-6-14)13-11(17(12)2)4-3-7-15-13/h3-4,7H,1-2,5-6,8-9H2/q-2. The summed E-state index contributed by atoms with van der Waals surface area (Å²) < 4.78 is 2.03. The normalized spacial score (nSPS) is 21.9. The fourth-order valence-electron chi connectivity index (χ4n) is 3.09. The molecule has 88 valence electrons. The van der Waals surface area contributed by atoms with Crippen LogP contribution in [0.3, 0.4) is 0 Å². The molecule has 3 heteroatoms. The third-order valence-electron chi connectivity index (χ3n) is 4.38. The Morgan fingerprint density at radius 1 is 1.29 bits per heavy atom. The minimum absolute atomic E-state index is 0.332. The lowest BCUT2D eigenvalue weighted by atomic mass is 9.97. The van der Waals surface area contributed by atoms with Crippen LogP contribution in [0.2, 0.25) is 0 Å². The van der Waals surface area contributed by atoms with E-state index in [1.165, 1.54) is 24.1 Å². The van der Waals surface area contributed by atoms with E-state index in [9.17, 15) is 0 Å². The first kappa shape index (κ1) is 9.54. The molecule has 2 aromatic rings. The fourth-order valence-corrected chi connectivity index (χ4v) is 3.09. The van der Waals surface area contributed by atoms with Gasteiger partial charge < -0.3 is 9.47 Å². The molecule has 4 rings (SSSR count). The lowest BCUT2D eigenvalue weighted by molar-refractivity contribution is 0.218. The number of aromatic nitrogens is 2. The molecule has 0 saturated heterocycles. The molecule has 3 nitrogen and oxygen atoms in total. The quantitative estimate of drug-likeness (QED) is 0.642. The van der Waals surface area contributed by atoms with E-state index in [-0.39, 0.29) is 0 Å². The molecule has 0 radical (unpaired) electrons. The highest BCUT2D eigenvalue weighted by Crippen LogP contribution is 2.49. The van der Waals surface area contributed by atoms with Crippen molar-refractivity contribution in [1.82, 2.24) is 14.5 Å². The topological polar surface area (TPSA) is 21.1 Å². The van der Waals surface area contributed by atoms with Crippen LogP contribution in [0, 0.1) is 14.1 Å². The van der Waals surface area contributed by atoms with Gasteiger partial charge in [-0.1, -0.05) is 23.4 Å². The molecule has 0 bridgehead atoms. The zero-order valence-electron chi connectivity index (χ0n) is 9.82. The van der Waals surface area contributed by atoms with Crippen molar-refractivity contribution in [3.05, 3.63) is 43.7 Å². The third kappa shape index (κ3) is 1.10. The highest BCUT2D eigenvalue weighted by molar-refractivity contribution is 5.82. The Labute approximate surface area is 101 Å². The molecular formula is C14H15N3-2. The minimum Gasteiger partial charge on any atom is -0.482 e. The first-order chi connectivity index (χ1) is 8.21. The highest BCUT2D eigenvalue weighted by atomic mass is 15.2. The summed E-state index contributed by atoms with van der Waals surface area (Å²) in [6, 6.07) is 4.07. The average molecular weight is 225 g/mol. The van der Waals surface area contributed by atoms with Crippen molar-refractivity contribution < 1.29 is 0 Å². The molecule has 1 aliphatic carbocycles. The van der Waals surface area contributed by atoms with Gasteiger partial charge in [0.1, 0.15) is 0 Å². The number of nitrogens with zero attached hydrogens (tertiary/aromatic N) is 3. The van der Waals surface area contributed by atoms with Crippen molar-refractivity contribution in [1.29, 1.82) is 0 Å². The van der Waals surface area contributed by atoms with Crippen LogP contribution >= 0.6 is 0 Å². The molecule has 1 aliphatic heterocycles. The molecular weight excluding hydrogens is 210 g/mol. The molecule has 0 N–H and O–H groups in total. The summed E-state index contributed by atoms with van der Waals surface area (Å²) in [6.45, 7) is 0.898. The molecule has 2 aliphatic rings. The van der Waals surface area contributed by atoms with Gasteiger partial charge in [-0.15, -0.1) is 7.05 Å². The second-order valence-corrected chi connectivity index (χ2v) is 5.32. The Hall–Kier alpha value is -1.48. The number of fused-ring (bicyclic) bond motifs is 3. The van der Waals surface area contributed by atoms with Gasteiger partial charge in [0.25, 0.3) is 0 Å². The van der Waals surface area contributed by atoms with Crippen LogP contribution in [0.5, 0.6) is 0 Å². The Bertz CT molecular complexity index is 607. The molecule has 17 heavy (non-hydrogen) atoms. The summed E-state index contributed by atoms with van der Waals surface area (Å²) in [5.41, 5.74) is 5.29. The zero-order valence-corrected chi connectivity index (χ0v) is 9.82.